The molecule has 0 fully saturated rings. The number of nitrogens with two attached hydrogens (primary N) is 1. The first kappa shape index (κ1) is 24.8. The smallest absolute Gasteiger partial charge is 0.210 e. The summed E-state index contributed by atoms with van der Waals surface area (Å²) in [4.78, 5) is 12.5. The van der Waals surface area contributed by atoms with E-state index in [2.05, 4.69) is 15.4 Å². The van der Waals surface area contributed by atoms with Crippen LogP contribution in [0, 0.1) is 5.82 Å². The largest absolute Gasteiger partial charge is 0.507 e. The zero-order valence-electron chi connectivity index (χ0n) is 19.8. The average Bonchev–Trinajstić information content (AvgIpc) is 3.30. The van der Waals surface area contributed by atoms with Crippen molar-refractivity contribution in [2.75, 3.05) is 5.84 Å². The summed E-state index contributed by atoms with van der Waals surface area (Å²) in [5, 5.41) is 32.4. The molecule has 4 aromatic rings. The lowest BCUT2D eigenvalue weighted by Gasteiger charge is -2.16. The Labute approximate surface area is 206 Å². The molecule has 0 saturated carbocycles. The van der Waals surface area contributed by atoms with Crippen LogP contribution in [0.5, 0.6) is 11.5 Å². The number of ketones is 1. The minimum atomic E-state index is -1.01. The topological polar surface area (TPSA) is 136 Å². The fourth-order valence-electron chi connectivity index (χ4n) is 3.90. The molecule has 186 valence electrons. The highest BCUT2D eigenvalue weighted by atomic mass is 19.1. The van der Waals surface area contributed by atoms with Crippen molar-refractivity contribution < 1.29 is 24.1 Å². The highest BCUT2D eigenvalue weighted by Gasteiger charge is 2.18. The molecule has 0 bridgehead atoms. The molecule has 1 unspecified atom stereocenters. The molecule has 0 aliphatic carbocycles. The summed E-state index contributed by atoms with van der Waals surface area (Å²) in [6.07, 6.45) is 0.341. The van der Waals surface area contributed by atoms with E-state index in [1.165, 1.54) is 25.1 Å². The number of nitrogens with zero attached hydrogens (tertiary/aromatic N) is 4. The Morgan fingerprint density at radius 1 is 1.14 bits per heavy atom. The molecule has 0 saturated heterocycles. The summed E-state index contributed by atoms with van der Waals surface area (Å²) in [7, 11) is 0. The number of aromatic nitrogens is 4. The second-order valence-corrected chi connectivity index (χ2v) is 8.35. The molecule has 9 nitrogen and oxygen atoms in total. The number of phenolic OH excluding ortho intramolecular Hbond substituents is 1. The molecular weight excluding hydrogens is 465 g/mol. The number of Topliss-reactive ketones (excluding diaryl/α,β-unsaturated/α-hetero) is 1. The van der Waals surface area contributed by atoms with Gasteiger partial charge in [-0.05, 0) is 59.5 Å². The van der Waals surface area contributed by atoms with E-state index in [1.807, 2.05) is 19.1 Å². The maximum absolute atomic E-state index is 14.3. The third-order valence-corrected chi connectivity index (χ3v) is 5.78. The molecule has 36 heavy (non-hydrogen) atoms. The number of aromatic hydroxyl groups is 1. The number of aliphatic hydroxyl groups is 1. The highest BCUT2D eigenvalue weighted by molar-refractivity contribution is 5.97. The summed E-state index contributed by atoms with van der Waals surface area (Å²) < 4.78 is 20.2. The van der Waals surface area contributed by atoms with Crippen molar-refractivity contribution >= 4 is 5.78 Å². The van der Waals surface area contributed by atoms with Gasteiger partial charge in [-0.15, -0.1) is 10.2 Å². The molecular formula is C26H26FN5O4. The number of phenols is 1. The number of tetrazole rings is 1. The SMILES string of the molecule is CCCc1c(OCc2ccc(C(O)c3ccc(F)c(-c4nnn(N)n4)c3)cc2)ccc(C(C)=O)c1O. The van der Waals surface area contributed by atoms with Crippen molar-refractivity contribution in [2.45, 2.75) is 39.4 Å². The van der Waals surface area contributed by atoms with E-state index in [4.69, 9.17) is 10.6 Å². The third kappa shape index (κ3) is 5.18. The molecule has 0 aliphatic heterocycles. The van der Waals surface area contributed by atoms with Gasteiger partial charge < -0.3 is 20.8 Å². The summed E-state index contributed by atoms with van der Waals surface area (Å²) in [6, 6.07) is 14.6. The lowest BCUT2D eigenvalue weighted by molar-refractivity contribution is 0.101. The van der Waals surface area contributed by atoms with Crippen LogP contribution in [0.2, 0.25) is 0 Å². The summed E-state index contributed by atoms with van der Waals surface area (Å²) in [6.45, 7) is 3.62. The zero-order chi connectivity index (χ0) is 25.8. The van der Waals surface area contributed by atoms with Gasteiger partial charge in [-0.3, -0.25) is 4.79 Å². The number of hydrogen-bond acceptors (Lipinski definition) is 8. The van der Waals surface area contributed by atoms with Gasteiger partial charge in [-0.25, -0.2) is 4.39 Å². The third-order valence-electron chi connectivity index (χ3n) is 5.78. The summed E-state index contributed by atoms with van der Waals surface area (Å²) in [5.74, 6) is 5.13. The number of carbonyl (C=O) groups excluding carboxylic acids is 1. The lowest BCUT2D eigenvalue weighted by atomic mass is 9.98. The molecule has 0 aliphatic rings. The van der Waals surface area contributed by atoms with Crippen molar-refractivity contribution in [3.63, 3.8) is 0 Å². The molecule has 10 heteroatoms. The average molecular weight is 492 g/mol. The first-order valence-electron chi connectivity index (χ1n) is 11.4. The number of ether oxygens (including phenoxy) is 1. The van der Waals surface area contributed by atoms with E-state index < -0.39 is 11.9 Å². The fraction of sp³-hybridized carbons (Fsp3) is 0.231. The van der Waals surface area contributed by atoms with Gasteiger partial charge in [0, 0.05) is 5.56 Å². The Morgan fingerprint density at radius 2 is 1.86 bits per heavy atom. The molecule has 0 radical (unpaired) electrons. The summed E-state index contributed by atoms with van der Waals surface area (Å²) in [5.41, 5.74) is 2.85. The second kappa shape index (κ2) is 10.5. The minimum Gasteiger partial charge on any atom is -0.507 e. The van der Waals surface area contributed by atoms with E-state index in [0.29, 0.717) is 28.9 Å². The van der Waals surface area contributed by atoms with Gasteiger partial charge >= 0.3 is 0 Å². The second-order valence-electron chi connectivity index (χ2n) is 8.35. The normalized spacial score (nSPS) is 11.9. The van der Waals surface area contributed by atoms with Crippen molar-refractivity contribution in [2.24, 2.45) is 0 Å². The number of rotatable bonds is 9. The van der Waals surface area contributed by atoms with Gasteiger partial charge in [0.15, 0.2) is 5.78 Å². The van der Waals surface area contributed by atoms with Crippen LogP contribution < -0.4 is 10.6 Å². The molecule has 3 aromatic carbocycles. The predicted molar refractivity (Wildman–Crippen MR) is 130 cm³/mol. The van der Waals surface area contributed by atoms with Crippen molar-refractivity contribution in [1.82, 2.24) is 20.3 Å². The van der Waals surface area contributed by atoms with Gasteiger partial charge in [0.1, 0.15) is 30.0 Å². The molecule has 0 spiro atoms. The number of nitrogen functional groups attached to an aromatic ring is 1. The number of benzene rings is 3. The minimum absolute atomic E-state index is 0.0151. The number of carbonyl (C=O) groups is 1. The van der Waals surface area contributed by atoms with E-state index in [0.717, 1.165) is 16.9 Å². The molecule has 1 heterocycles. The van der Waals surface area contributed by atoms with Crippen LogP contribution in [0.1, 0.15) is 59.0 Å². The predicted octanol–water partition coefficient (Wildman–Crippen LogP) is 3.71. The van der Waals surface area contributed by atoms with Crippen molar-refractivity contribution in [1.29, 1.82) is 0 Å². The Kier molecular flexibility index (Phi) is 7.25. The monoisotopic (exact) mass is 491 g/mol. The standard InChI is InChI=1S/C26H26FN5O4/c1-3-4-20-23(12-10-19(15(2)33)25(20)35)36-14-16-5-7-17(8-6-16)24(34)18-9-11-22(27)21(13-18)26-29-31-32(28)30-26/h5-13,24,34-35H,3-4,14,28H2,1-2H3. The van der Waals surface area contributed by atoms with E-state index in [1.54, 1.807) is 24.3 Å². The molecule has 4 rings (SSSR count). The zero-order valence-corrected chi connectivity index (χ0v) is 19.8. The van der Waals surface area contributed by atoms with Crippen molar-refractivity contribution in [3.8, 4) is 22.9 Å². The van der Waals surface area contributed by atoms with E-state index >= 15 is 0 Å². The van der Waals surface area contributed by atoms with E-state index in [-0.39, 0.29) is 35.1 Å². The quantitative estimate of drug-likeness (QED) is 0.238. The first-order chi connectivity index (χ1) is 17.3. The van der Waals surface area contributed by atoms with Crippen LogP contribution in [0.15, 0.2) is 54.6 Å². The molecule has 1 aromatic heterocycles. The van der Waals surface area contributed by atoms with Gasteiger partial charge in [-0.2, -0.15) is 0 Å². The van der Waals surface area contributed by atoms with Crippen molar-refractivity contribution in [3.05, 3.63) is 88.2 Å². The van der Waals surface area contributed by atoms with Crippen LogP contribution >= 0.6 is 0 Å². The van der Waals surface area contributed by atoms with Crippen LogP contribution in [-0.2, 0) is 13.0 Å². The summed E-state index contributed by atoms with van der Waals surface area (Å²) >= 11 is 0. The van der Waals surface area contributed by atoms with Gasteiger partial charge in [-0.1, -0.05) is 48.6 Å². The molecule has 1 atom stereocenters. The van der Waals surface area contributed by atoms with Crippen LogP contribution in [0.25, 0.3) is 11.4 Å². The number of halogens is 1. The van der Waals surface area contributed by atoms with Gasteiger partial charge in [0.2, 0.25) is 5.82 Å². The number of aliphatic hydroxyl groups excluding tert-OH is 1. The number of hydrogen-bond donors (Lipinski definition) is 3. The Morgan fingerprint density at radius 3 is 2.50 bits per heavy atom. The van der Waals surface area contributed by atoms with Crippen LogP contribution in [0.3, 0.4) is 0 Å². The fourth-order valence-corrected chi connectivity index (χ4v) is 3.90. The molecule has 4 N–H and O–H groups in total. The Balaban J connectivity index is 1.49. The lowest BCUT2D eigenvalue weighted by Crippen LogP contribution is -2.11. The Bertz CT molecular complexity index is 1390. The maximum Gasteiger partial charge on any atom is 0.210 e. The van der Waals surface area contributed by atoms with Crippen LogP contribution in [0.4, 0.5) is 4.39 Å². The van der Waals surface area contributed by atoms with Gasteiger partial charge in [0.05, 0.1) is 11.1 Å². The molecule has 0 amide bonds. The highest BCUT2D eigenvalue weighted by Crippen LogP contribution is 2.34. The first-order valence-corrected chi connectivity index (χ1v) is 11.4. The van der Waals surface area contributed by atoms with E-state index in [9.17, 15) is 19.4 Å². The Hall–Kier alpha value is -4.31. The van der Waals surface area contributed by atoms with Crippen LogP contribution in [-0.4, -0.2) is 36.3 Å². The maximum atomic E-state index is 14.3. The van der Waals surface area contributed by atoms with Gasteiger partial charge in [0.25, 0.3) is 0 Å².